The van der Waals surface area contributed by atoms with Gasteiger partial charge in [-0.05, 0) is 23.8 Å². The van der Waals surface area contributed by atoms with Crippen molar-refractivity contribution in [2.75, 3.05) is 20.3 Å². The van der Waals surface area contributed by atoms with Gasteiger partial charge in [0.15, 0.2) is 0 Å². The number of carbonyl (C=O) groups is 2. The van der Waals surface area contributed by atoms with Crippen LogP contribution in [-0.2, 0) is 16.0 Å². The van der Waals surface area contributed by atoms with Gasteiger partial charge in [0.1, 0.15) is 18.4 Å². The number of ether oxygens (including phenoxy) is 2. The molecule has 0 heterocycles. The number of nitrogens with one attached hydrogen (secondary N) is 1. The first kappa shape index (κ1) is 18.5. The number of amides is 1. The van der Waals surface area contributed by atoms with E-state index < -0.39 is 17.9 Å². The fourth-order valence-electron chi connectivity index (χ4n) is 2.26. The molecule has 0 bridgehead atoms. The molecule has 1 atom stereocenters. The maximum atomic E-state index is 12.4. The molecule has 132 valence electrons. The summed E-state index contributed by atoms with van der Waals surface area (Å²) in [6, 6.07) is 14.8. The summed E-state index contributed by atoms with van der Waals surface area (Å²) in [6.45, 7) is 0.807. The molecule has 2 aromatic carbocycles. The second-order valence-corrected chi connectivity index (χ2v) is 5.42. The summed E-state index contributed by atoms with van der Waals surface area (Å²) in [4.78, 5) is 23.8. The molecule has 0 radical (unpaired) electrons. The molecule has 1 amide bonds. The molecule has 6 nitrogen and oxygen atoms in total. The van der Waals surface area contributed by atoms with Crippen LogP contribution in [0, 0.1) is 0 Å². The third-order valence-electron chi connectivity index (χ3n) is 3.54. The quantitative estimate of drug-likeness (QED) is 0.682. The van der Waals surface area contributed by atoms with Crippen molar-refractivity contribution in [2.45, 2.75) is 12.5 Å². The van der Waals surface area contributed by atoms with Gasteiger partial charge in [0.05, 0.1) is 6.61 Å². The number of carboxylic acids is 1. The Morgan fingerprint density at radius 1 is 1.08 bits per heavy atom. The van der Waals surface area contributed by atoms with Crippen molar-refractivity contribution < 1.29 is 24.2 Å². The summed E-state index contributed by atoms with van der Waals surface area (Å²) in [7, 11) is 1.58. The summed E-state index contributed by atoms with van der Waals surface area (Å²) in [5.41, 5.74) is 1.18. The molecular formula is C19H21NO5. The SMILES string of the molecule is COCCOc1cccc(C(=O)N[C@@H](Cc2ccccc2)C(=O)O)c1. The largest absolute Gasteiger partial charge is 0.491 e. The number of hydrogen-bond donors (Lipinski definition) is 2. The molecule has 0 aliphatic rings. The van der Waals surface area contributed by atoms with E-state index in [0.29, 0.717) is 24.5 Å². The Labute approximate surface area is 146 Å². The van der Waals surface area contributed by atoms with E-state index in [2.05, 4.69) is 5.32 Å². The Morgan fingerprint density at radius 2 is 1.84 bits per heavy atom. The standard InChI is InChI=1S/C19H21NO5/c1-24-10-11-25-16-9-5-8-15(13-16)18(21)20-17(19(22)23)12-14-6-3-2-4-7-14/h2-9,13,17H,10-12H2,1H3,(H,20,21)(H,22,23)/t17-/m0/s1. The van der Waals surface area contributed by atoms with Gasteiger partial charge in [-0.3, -0.25) is 4.79 Å². The minimum absolute atomic E-state index is 0.214. The monoisotopic (exact) mass is 343 g/mol. The molecule has 0 aromatic heterocycles. The first-order valence-electron chi connectivity index (χ1n) is 7.89. The Hall–Kier alpha value is -2.86. The molecule has 0 saturated carbocycles. The summed E-state index contributed by atoms with van der Waals surface area (Å²) >= 11 is 0. The van der Waals surface area contributed by atoms with E-state index in [1.54, 1.807) is 31.4 Å². The highest BCUT2D eigenvalue weighted by molar-refractivity contribution is 5.96. The summed E-state index contributed by atoms with van der Waals surface area (Å²) in [5, 5.41) is 11.9. The number of carboxylic acid groups (broad SMARTS) is 1. The normalized spacial score (nSPS) is 11.6. The molecule has 0 unspecified atom stereocenters. The lowest BCUT2D eigenvalue weighted by Gasteiger charge is -2.15. The van der Waals surface area contributed by atoms with Gasteiger partial charge in [-0.25, -0.2) is 4.79 Å². The molecule has 0 aliphatic carbocycles. The van der Waals surface area contributed by atoms with Gasteiger partial charge in [0.25, 0.3) is 5.91 Å². The number of benzene rings is 2. The topological polar surface area (TPSA) is 84.9 Å². The zero-order chi connectivity index (χ0) is 18.1. The third-order valence-corrected chi connectivity index (χ3v) is 3.54. The molecule has 0 spiro atoms. The number of rotatable bonds is 9. The number of carbonyl (C=O) groups excluding carboxylic acids is 1. The van der Waals surface area contributed by atoms with Gasteiger partial charge in [0.2, 0.25) is 0 Å². The molecule has 6 heteroatoms. The van der Waals surface area contributed by atoms with E-state index in [1.807, 2.05) is 30.3 Å². The summed E-state index contributed by atoms with van der Waals surface area (Å²) in [5.74, 6) is -1.01. The van der Waals surface area contributed by atoms with Crippen LogP contribution in [0.4, 0.5) is 0 Å². The van der Waals surface area contributed by atoms with Crippen LogP contribution < -0.4 is 10.1 Å². The maximum absolute atomic E-state index is 12.4. The van der Waals surface area contributed by atoms with E-state index in [9.17, 15) is 14.7 Å². The average molecular weight is 343 g/mol. The van der Waals surface area contributed by atoms with E-state index in [1.165, 1.54) is 0 Å². The van der Waals surface area contributed by atoms with Crippen LogP contribution in [0.15, 0.2) is 54.6 Å². The minimum atomic E-state index is -1.08. The fourth-order valence-corrected chi connectivity index (χ4v) is 2.26. The fraction of sp³-hybridized carbons (Fsp3) is 0.263. The molecular weight excluding hydrogens is 322 g/mol. The average Bonchev–Trinajstić information content (AvgIpc) is 2.62. The van der Waals surface area contributed by atoms with Crippen molar-refractivity contribution in [3.63, 3.8) is 0 Å². The highest BCUT2D eigenvalue weighted by Gasteiger charge is 2.21. The van der Waals surface area contributed by atoms with Crippen molar-refractivity contribution >= 4 is 11.9 Å². The van der Waals surface area contributed by atoms with Crippen LogP contribution in [0.25, 0.3) is 0 Å². The third kappa shape index (κ3) is 5.93. The molecule has 0 aliphatic heterocycles. The lowest BCUT2D eigenvalue weighted by atomic mass is 10.1. The van der Waals surface area contributed by atoms with Gasteiger partial charge in [0, 0.05) is 19.1 Å². The van der Waals surface area contributed by atoms with Crippen LogP contribution in [-0.4, -0.2) is 43.3 Å². The summed E-state index contributed by atoms with van der Waals surface area (Å²) in [6.07, 6.45) is 0.214. The van der Waals surface area contributed by atoms with E-state index in [4.69, 9.17) is 9.47 Å². The zero-order valence-electron chi connectivity index (χ0n) is 14.0. The number of methoxy groups -OCH3 is 1. The molecule has 2 N–H and O–H groups in total. The van der Waals surface area contributed by atoms with Gasteiger partial charge in [-0.2, -0.15) is 0 Å². The van der Waals surface area contributed by atoms with E-state index in [-0.39, 0.29) is 6.42 Å². The molecule has 0 fully saturated rings. The van der Waals surface area contributed by atoms with Crippen LogP contribution >= 0.6 is 0 Å². The molecule has 2 rings (SSSR count). The van der Waals surface area contributed by atoms with Crippen LogP contribution in [0.2, 0.25) is 0 Å². The highest BCUT2D eigenvalue weighted by Crippen LogP contribution is 2.14. The van der Waals surface area contributed by atoms with Crippen LogP contribution in [0.3, 0.4) is 0 Å². The van der Waals surface area contributed by atoms with Gasteiger partial charge < -0.3 is 19.9 Å². The van der Waals surface area contributed by atoms with Gasteiger partial charge in [-0.1, -0.05) is 36.4 Å². The molecule has 25 heavy (non-hydrogen) atoms. The van der Waals surface area contributed by atoms with E-state index in [0.717, 1.165) is 5.56 Å². The smallest absolute Gasteiger partial charge is 0.326 e. The predicted molar refractivity (Wildman–Crippen MR) is 92.8 cm³/mol. The van der Waals surface area contributed by atoms with Crippen molar-refractivity contribution in [2.24, 2.45) is 0 Å². The lowest BCUT2D eigenvalue weighted by Crippen LogP contribution is -2.42. The van der Waals surface area contributed by atoms with Crippen LogP contribution in [0.1, 0.15) is 15.9 Å². The second-order valence-electron chi connectivity index (χ2n) is 5.42. The first-order chi connectivity index (χ1) is 12.1. The Bertz CT molecular complexity index is 702. The Morgan fingerprint density at radius 3 is 2.52 bits per heavy atom. The van der Waals surface area contributed by atoms with Crippen molar-refractivity contribution in [3.8, 4) is 5.75 Å². The van der Waals surface area contributed by atoms with Crippen molar-refractivity contribution in [1.29, 1.82) is 0 Å². The predicted octanol–water partition coefficient (Wildman–Crippen LogP) is 2.14. The Kier molecular flexibility index (Phi) is 6.98. The van der Waals surface area contributed by atoms with Crippen molar-refractivity contribution in [3.05, 3.63) is 65.7 Å². The molecule has 0 saturated heterocycles. The first-order valence-corrected chi connectivity index (χ1v) is 7.89. The van der Waals surface area contributed by atoms with Crippen molar-refractivity contribution in [1.82, 2.24) is 5.32 Å². The van der Waals surface area contributed by atoms with Gasteiger partial charge >= 0.3 is 5.97 Å². The Balaban J connectivity index is 2.03. The number of aliphatic carboxylic acids is 1. The summed E-state index contributed by atoms with van der Waals surface area (Å²) < 4.78 is 10.4. The van der Waals surface area contributed by atoms with E-state index >= 15 is 0 Å². The van der Waals surface area contributed by atoms with Crippen LogP contribution in [0.5, 0.6) is 5.75 Å². The van der Waals surface area contributed by atoms with Gasteiger partial charge in [-0.15, -0.1) is 0 Å². The second kappa shape index (κ2) is 9.44. The highest BCUT2D eigenvalue weighted by atomic mass is 16.5. The molecule has 2 aromatic rings. The zero-order valence-corrected chi connectivity index (χ0v) is 14.0. The number of hydrogen-bond acceptors (Lipinski definition) is 4. The lowest BCUT2D eigenvalue weighted by molar-refractivity contribution is -0.139. The maximum Gasteiger partial charge on any atom is 0.326 e. The minimum Gasteiger partial charge on any atom is -0.491 e.